The number of sulfonamides is 1. The van der Waals surface area contributed by atoms with Gasteiger partial charge in [-0.3, -0.25) is 0 Å². The fraction of sp³-hybridized carbons (Fsp3) is 0.0500. The van der Waals surface area contributed by atoms with Crippen molar-refractivity contribution in [2.24, 2.45) is 4.40 Å². The predicted octanol–water partition coefficient (Wildman–Crippen LogP) is 4.62. The zero-order chi connectivity index (χ0) is 19.7. The number of amidine groups is 1. The van der Waals surface area contributed by atoms with Gasteiger partial charge >= 0.3 is 0 Å². The number of rotatable bonds is 4. The van der Waals surface area contributed by atoms with Crippen molar-refractivity contribution in [2.75, 3.05) is 5.32 Å². The predicted molar refractivity (Wildman–Crippen MR) is 106 cm³/mol. The van der Waals surface area contributed by atoms with E-state index in [1.807, 2.05) is 0 Å². The summed E-state index contributed by atoms with van der Waals surface area (Å²) in [7, 11) is -3.80. The normalized spacial score (nSPS) is 14.6. The average molecular weight is 417 g/mol. The van der Waals surface area contributed by atoms with Crippen LogP contribution in [0.1, 0.15) is 11.1 Å². The summed E-state index contributed by atoms with van der Waals surface area (Å²) in [6, 6.07) is 17.6. The first-order valence-electron chi connectivity index (χ1n) is 8.31. The molecule has 28 heavy (non-hydrogen) atoms. The van der Waals surface area contributed by atoms with Crippen molar-refractivity contribution in [3.8, 4) is 5.75 Å². The number of nitrogens with one attached hydrogen (secondary N) is 1. The molecule has 0 saturated heterocycles. The summed E-state index contributed by atoms with van der Waals surface area (Å²) in [5.74, 6) is 0.162. The maximum atomic E-state index is 13.7. The van der Waals surface area contributed by atoms with Crippen molar-refractivity contribution >= 4 is 33.1 Å². The zero-order valence-electron chi connectivity index (χ0n) is 14.4. The summed E-state index contributed by atoms with van der Waals surface area (Å²) < 4.78 is 47.9. The third kappa shape index (κ3) is 3.58. The minimum absolute atomic E-state index is 0.0205. The second-order valence-electron chi connectivity index (χ2n) is 6.06. The van der Waals surface area contributed by atoms with Crippen LogP contribution >= 0.6 is 11.6 Å². The highest BCUT2D eigenvalue weighted by Crippen LogP contribution is 2.31. The fourth-order valence-electron chi connectivity index (χ4n) is 2.78. The van der Waals surface area contributed by atoms with E-state index in [1.54, 1.807) is 54.6 Å². The van der Waals surface area contributed by atoms with E-state index in [1.165, 1.54) is 12.1 Å². The van der Waals surface area contributed by atoms with E-state index in [-0.39, 0.29) is 28.2 Å². The second kappa shape index (κ2) is 7.26. The van der Waals surface area contributed by atoms with Crippen molar-refractivity contribution in [1.29, 1.82) is 0 Å². The average Bonchev–Trinajstić information content (AvgIpc) is 2.67. The van der Waals surface area contributed by atoms with Crippen LogP contribution < -0.4 is 10.1 Å². The molecule has 3 aromatic carbocycles. The second-order valence-corrected chi connectivity index (χ2v) is 8.04. The molecule has 142 valence electrons. The molecule has 1 aliphatic heterocycles. The van der Waals surface area contributed by atoms with Crippen LogP contribution in [0.2, 0.25) is 5.02 Å². The van der Waals surface area contributed by atoms with E-state index in [0.717, 1.165) is 0 Å². The Hall–Kier alpha value is -2.90. The number of anilines is 1. The number of para-hydroxylation sites is 1. The van der Waals surface area contributed by atoms with Gasteiger partial charge in [0.25, 0.3) is 10.0 Å². The molecular weight excluding hydrogens is 403 g/mol. The van der Waals surface area contributed by atoms with Gasteiger partial charge in [0.1, 0.15) is 23.1 Å². The Balaban J connectivity index is 1.59. The van der Waals surface area contributed by atoms with E-state index < -0.39 is 10.0 Å². The van der Waals surface area contributed by atoms with Crippen LogP contribution in [-0.4, -0.2) is 14.3 Å². The van der Waals surface area contributed by atoms with Crippen LogP contribution in [0.3, 0.4) is 0 Å². The molecule has 1 N–H and O–H groups in total. The first-order valence-corrected chi connectivity index (χ1v) is 10.1. The monoisotopic (exact) mass is 416 g/mol. The molecule has 0 fully saturated rings. The third-order valence-corrected chi connectivity index (χ3v) is 5.81. The molecule has 5 nitrogen and oxygen atoms in total. The molecule has 0 spiro atoms. The summed E-state index contributed by atoms with van der Waals surface area (Å²) >= 11 is 6.27. The Morgan fingerprint density at radius 1 is 1.04 bits per heavy atom. The Morgan fingerprint density at radius 2 is 1.79 bits per heavy atom. The first-order chi connectivity index (χ1) is 13.4. The number of hydrogen-bond donors (Lipinski definition) is 1. The fourth-order valence-corrected chi connectivity index (χ4v) is 4.15. The maximum Gasteiger partial charge on any atom is 0.286 e. The van der Waals surface area contributed by atoms with Gasteiger partial charge < -0.3 is 10.1 Å². The molecule has 0 saturated carbocycles. The standard InChI is InChI=1S/C20H14ClFN2O3S/c21-15-11-13(9-10-18(15)27-12-14-5-1-2-6-16(14)22)20-23-17-7-3-4-8-19(17)28(25,26)24-20/h1-11H,12H2,(H,23,24). The van der Waals surface area contributed by atoms with E-state index in [9.17, 15) is 12.8 Å². The number of ether oxygens (including phenoxy) is 1. The number of hydrogen-bond acceptors (Lipinski definition) is 4. The molecule has 0 aromatic heterocycles. The lowest BCUT2D eigenvalue weighted by Gasteiger charge is -2.18. The lowest BCUT2D eigenvalue weighted by Crippen LogP contribution is -2.22. The molecule has 1 aliphatic rings. The van der Waals surface area contributed by atoms with E-state index >= 15 is 0 Å². The minimum atomic E-state index is -3.80. The van der Waals surface area contributed by atoms with Crippen molar-refractivity contribution in [2.45, 2.75) is 11.5 Å². The van der Waals surface area contributed by atoms with Crippen LogP contribution in [-0.2, 0) is 16.6 Å². The van der Waals surface area contributed by atoms with Gasteiger partial charge in [-0.15, -0.1) is 4.40 Å². The number of halogens is 2. The highest BCUT2D eigenvalue weighted by Gasteiger charge is 2.25. The topological polar surface area (TPSA) is 67.8 Å². The number of benzene rings is 3. The van der Waals surface area contributed by atoms with Gasteiger partial charge in [0.05, 0.1) is 10.7 Å². The Morgan fingerprint density at radius 3 is 2.57 bits per heavy atom. The Bertz CT molecular complexity index is 1200. The maximum absolute atomic E-state index is 13.7. The van der Waals surface area contributed by atoms with Crippen molar-refractivity contribution < 1.29 is 17.5 Å². The van der Waals surface area contributed by atoms with Crippen molar-refractivity contribution in [1.82, 2.24) is 0 Å². The van der Waals surface area contributed by atoms with Gasteiger partial charge in [-0.2, -0.15) is 8.42 Å². The lowest BCUT2D eigenvalue weighted by atomic mass is 10.2. The van der Waals surface area contributed by atoms with Gasteiger partial charge in [-0.1, -0.05) is 41.9 Å². The molecule has 3 aromatic rings. The van der Waals surface area contributed by atoms with Crippen LogP contribution in [0.5, 0.6) is 5.75 Å². The zero-order valence-corrected chi connectivity index (χ0v) is 16.0. The van der Waals surface area contributed by atoms with Crippen LogP contribution in [0.4, 0.5) is 10.1 Å². The smallest absolute Gasteiger partial charge is 0.286 e. The van der Waals surface area contributed by atoms with Crippen LogP contribution in [0.25, 0.3) is 0 Å². The molecule has 0 aliphatic carbocycles. The number of nitrogens with zero attached hydrogens (tertiary/aromatic N) is 1. The largest absolute Gasteiger partial charge is 0.487 e. The number of fused-ring (bicyclic) bond motifs is 1. The quantitative estimate of drug-likeness (QED) is 0.673. The molecule has 4 rings (SSSR count). The van der Waals surface area contributed by atoms with Gasteiger partial charge in [0.2, 0.25) is 0 Å². The summed E-state index contributed by atoms with van der Waals surface area (Å²) in [5.41, 5.74) is 1.34. The SMILES string of the molecule is O=S1(=O)N=C(c2ccc(OCc3ccccc3F)c(Cl)c2)Nc2ccccc21. The van der Waals surface area contributed by atoms with E-state index in [4.69, 9.17) is 16.3 Å². The molecule has 0 bridgehead atoms. The van der Waals surface area contributed by atoms with Gasteiger partial charge in [-0.25, -0.2) is 4.39 Å². The highest BCUT2D eigenvalue weighted by atomic mass is 35.5. The molecular formula is C20H14ClFN2O3S. The van der Waals surface area contributed by atoms with Crippen molar-refractivity contribution in [3.05, 3.63) is 88.7 Å². The summed E-state index contributed by atoms with van der Waals surface area (Å²) in [6.45, 7) is 0.0205. The molecule has 0 amide bonds. The summed E-state index contributed by atoms with van der Waals surface area (Å²) in [5, 5.41) is 3.26. The molecule has 1 heterocycles. The molecule has 0 radical (unpaired) electrons. The Labute approximate surface area is 166 Å². The molecule has 0 unspecified atom stereocenters. The van der Waals surface area contributed by atoms with Crippen LogP contribution in [0, 0.1) is 5.82 Å². The van der Waals surface area contributed by atoms with Gasteiger partial charge in [-0.05, 0) is 36.4 Å². The highest BCUT2D eigenvalue weighted by molar-refractivity contribution is 7.90. The third-order valence-electron chi connectivity index (χ3n) is 4.18. The van der Waals surface area contributed by atoms with E-state index in [2.05, 4.69) is 9.71 Å². The first kappa shape index (κ1) is 18.5. The van der Waals surface area contributed by atoms with Gasteiger partial charge in [0.15, 0.2) is 5.84 Å². The molecule has 8 heteroatoms. The summed E-state index contributed by atoms with van der Waals surface area (Å²) in [6.07, 6.45) is 0. The summed E-state index contributed by atoms with van der Waals surface area (Å²) in [4.78, 5) is 0.120. The molecule has 0 atom stereocenters. The lowest BCUT2D eigenvalue weighted by molar-refractivity contribution is 0.300. The van der Waals surface area contributed by atoms with Gasteiger partial charge in [0, 0.05) is 11.1 Å². The van der Waals surface area contributed by atoms with Crippen molar-refractivity contribution in [3.63, 3.8) is 0 Å². The van der Waals surface area contributed by atoms with Crippen LogP contribution in [0.15, 0.2) is 76.0 Å². The Kier molecular flexibility index (Phi) is 4.78. The minimum Gasteiger partial charge on any atom is -0.487 e. The van der Waals surface area contributed by atoms with E-state index in [0.29, 0.717) is 22.6 Å².